The van der Waals surface area contributed by atoms with Crippen LogP contribution in [0.25, 0.3) is 0 Å². The molecule has 0 saturated carbocycles. The second-order valence-electron chi connectivity index (χ2n) is 3.51. The van der Waals surface area contributed by atoms with Gasteiger partial charge in [-0.25, -0.2) is 0 Å². The molecular formula is C13H14N2O. The van der Waals surface area contributed by atoms with Gasteiger partial charge < -0.3 is 10.1 Å². The molecule has 3 heteroatoms. The number of benzene rings is 1. The largest absolute Gasteiger partial charge is 0.456 e. The third-order valence-electron chi connectivity index (χ3n) is 2.26. The average molecular weight is 214 g/mol. The lowest BCUT2D eigenvalue weighted by atomic mass is 10.3. The summed E-state index contributed by atoms with van der Waals surface area (Å²) in [6, 6.07) is 11.6. The second-order valence-corrected chi connectivity index (χ2v) is 3.51. The Morgan fingerprint density at radius 2 is 1.69 bits per heavy atom. The van der Waals surface area contributed by atoms with Crippen molar-refractivity contribution in [2.45, 2.75) is 6.92 Å². The number of ether oxygens (including phenoxy) is 1. The normalized spacial score (nSPS) is 9.88. The first-order chi connectivity index (χ1) is 7.78. The predicted molar refractivity (Wildman–Crippen MR) is 65.0 cm³/mol. The molecule has 0 saturated heterocycles. The van der Waals surface area contributed by atoms with E-state index in [1.807, 2.05) is 50.4 Å². The van der Waals surface area contributed by atoms with Crippen LogP contribution >= 0.6 is 0 Å². The number of aryl methyl sites for hydroxylation is 1. The van der Waals surface area contributed by atoms with Gasteiger partial charge in [0.1, 0.15) is 11.5 Å². The topological polar surface area (TPSA) is 34.1 Å². The minimum atomic E-state index is 0.753. The summed E-state index contributed by atoms with van der Waals surface area (Å²) in [6.45, 7) is 1.95. The lowest BCUT2D eigenvalue weighted by Gasteiger charge is -2.06. The summed E-state index contributed by atoms with van der Waals surface area (Å²) >= 11 is 0. The van der Waals surface area contributed by atoms with Crippen molar-refractivity contribution in [1.82, 2.24) is 4.98 Å². The number of aromatic nitrogens is 1. The number of pyridine rings is 1. The van der Waals surface area contributed by atoms with Gasteiger partial charge in [-0.1, -0.05) is 0 Å². The van der Waals surface area contributed by atoms with Gasteiger partial charge >= 0.3 is 0 Å². The van der Waals surface area contributed by atoms with E-state index >= 15 is 0 Å². The van der Waals surface area contributed by atoms with E-state index in [1.54, 1.807) is 6.20 Å². The standard InChI is InChI=1S/C13H14N2O/c1-10-3-6-13(9-15-10)16-12-7-4-11(14-2)5-8-12/h3-9,14H,1-2H3. The Balaban J connectivity index is 2.11. The fraction of sp³-hybridized carbons (Fsp3) is 0.154. The Labute approximate surface area is 95.1 Å². The van der Waals surface area contributed by atoms with Gasteiger partial charge in [0.2, 0.25) is 0 Å². The highest BCUT2D eigenvalue weighted by atomic mass is 16.5. The molecule has 1 heterocycles. The van der Waals surface area contributed by atoms with Gasteiger partial charge in [-0.15, -0.1) is 0 Å². The van der Waals surface area contributed by atoms with Gasteiger partial charge in [0, 0.05) is 18.4 Å². The average Bonchev–Trinajstić information content (AvgIpc) is 2.33. The molecular weight excluding hydrogens is 200 g/mol. The highest BCUT2D eigenvalue weighted by Gasteiger charge is 1.97. The van der Waals surface area contributed by atoms with E-state index in [2.05, 4.69) is 10.3 Å². The van der Waals surface area contributed by atoms with Crippen molar-refractivity contribution in [3.8, 4) is 11.5 Å². The van der Waals surface area contributed by atoms with Crippen LogP contribution in [0.3, 0.4) is 0 Å². The molecule has 0 amide bonds. The third-order valence-corrected chi connectivity index (χ3v) is 2.26. The number of rotatable bonds is 3. The molecule has 0 radical (unpaired) electrons. The van der Waals surface area contributed by atoms with Crippen molar-refractivity contribution < 1.29 is 4.74 Å². The molecule has 16 heavy (non-hydrogen) atoms. The molecule has 0 atom stereocenters. The summed E-state index contributed by atoms with van der Waals surface area (Å²) in [5, 5.41) is 3.06. The molecule has 0 aliphatic carbocycles. The van der Waals surface area contributed by atoms with Gasteiger partial charge in [-0.05, 0) is 43.3 Å². The zero-order valence-electron chi connectivity index (χ0n) is 9.40. The van der Waals surface area contributed by atoms with Crippen molar-refractivity contribution in [1.29, 1.82) is 0 Å². The first kappa shape index (κ1) is 10.5. The van der Waals surface area contributed by atoms with Gasteiger partial charge in [-0.2, -0.15) is 0 Å². The monoisotopic (exact) mass is 214 g/mol. The smallest absolute Gasteiger partial charge is 0.145 e. The van der Waals surface area contributed by atoms with E-state index in [-0.39, 0.29) is 0 Å². The molecule has 0 aliphatic heterocycles. The van der Waals surface area contributed by atoms with Crippen molar-refractivity contribution >= 4 is 5.69 Å². The number of nitrogens with one attached hydrogen (secondary N) is 1. The molecule has 2 rings (SSSR count). The van der Waals surface area contributed by atoms with Crippen LogP contribution in [0.5, 0.6) is 11.5 Å². The summed E-state index contributed by atoms with van der Waals surface area (Å²) in [7, 11) is 1.89. The minimum absolute atomic E-state index is 0.753. The number of hydrogen-bond donors (Lipinski definition) is 1. The van der Waals surface area contributed by atoms with Gasteiger partial charge in [-0.3, -0.25) is 4.98 Å². The van der Waals surface area contributed by atoms with E-state index in [0.29, 0.717) is 0 Å². The highest BCUT2D eigenvalue weighted by Crippen LogP contribution is 2.22. The minimum Gasteiger partial charge on any atom is -0.456 e. The van der Waals surface area contributed by atoms with Gasteiger partial charge in [0.05, 0.1) is 6.20 Å². The Kier molecular flexibility index (Phi) is 3.05. The maximum atomic E-state index is 5.64. The Morgan fingerprint density at radius 3 is 2.25 bits per heavy atom. The first-order valence-corrected chi connectivity index (χ1v) is 5.16. The van der Waals surface area contributed by atoms with Crippen molar-refractivity contribution in [2.24, 2.45) is 0 Å². The summed E-state index contributed by atoms with van der Waals surface area (Å²) < 4.78 is 5.64. The number of nitrogens with zero attached hydrogens (tertiary/aromatic N) is 1. The lowest BCUT2D eigenvalue weighted by Crippen LogP contribution is -1.89. The fourth-order valence-corrected chi connectivity index (χ4v) is 1.34. The summed E-state index contributed by atoms with van der Waals surface area (Å²) in [5.74, 6) is 1.56. The van der Waals surface area contributed by atoms with Crippen molar-refractivity contribution in [3.05, 3.63) is 48.3 Å². The van der Waals surface area contributed by atoms with Crippen LogP contribution in [-0.4, -0.2) is 12.0 Å². The van der Waals surface area contributed by atoms with E-state index < -0.39 is 0 Å². The molecule has 1 N–H and O–H groups in total. The quantitative estimate of drug-likeness (QED) is 0.851. The molecule has 0 fully saturated rings. The Hall–Kier alpha value is -2.03. The van der Waals surface area contributed by atoms with Crippen LogP contribution in [0.1, 0.15) is 5.69 Å². The Bertz CT molecular complexity index is 448. The molecule has 0 spiro atoms. The SMILES string of the molecule is CNc1ccc(Oc2ccc(C)nc2)cc1. The molecule has 3 nitrogen and oxygen atoms in total. The number of hydrogen-bond acceptors (Lipinski definition) is 3. The maximum absolute atomic E-state index is 5.64. The molecule has 1 aromatic heterocycles. The van der Waals surface area contributed by atoms with Crippen LogP contribution < -0.4 is 10.1 Å². The van der Waals surface area contributed by atoms with Gasteiger partial charge in [0.15, 0.2) is 0 Å². The number of anilines is 1. The predicted octanol–water partition coefficient (Wildman–Crippen LogP) is 3.22. The first-order valence-electron chi connectivity index (χ1n) is 5.16. The maximum Gasteiger partial charge on any atom is 0.145 e. The third kappa shape index (κ3) is 2.51. The zero-order valence-corrected chi connectivity index (χ0v) is 9.40. The van der Waals surface area contributed by atoms with Crippen LogP contribution in [-0.2, 0) is 0 Å². The molecule has 1 aromatic carbocycles. The lowest BCUT2D eigenvalue weighted by molar-refractivity contribution is 0.480. The summed E-state index contributed by atoms with van der Waals surface area (Å²) in [4.78, 5) is 4.17. The van der Waals surface area contributed by atoms with Crippen molar-refractivity contribution in [2.75, 3.05) is 12.4 Å². The van der Waals surface area contributed by atoms with E-state index in [4.69, 9.17) is 4.74 Å². The van der Waals surface area contributed by atoms with Gasteiger partial charge in [0.25, 0.3) is 0 Å². The Morgan fingerprint density at radius 1 is 1.00 bits per heavy atom. The van der Waals surface area contributed by atoms with Crippen molar-refractivity contribution in [3.63, 3.8) is 0 Å². The molecule has 82 valence electrons. The second kappa shape index (κ2) is 4.66. The van der Waals surface area contributed by atoms with E-state index in [1.165, 1.54) is 0 Å². The van der Waals surface area contributed by atoms with E-state index in [9.17, 15) is 0 Å². The fourth-order valence-electron chi connectivity index (χ4n) is 1.34. The van der Waals surface area contributed by atoms with E-state index in [0.717, 1.165) is 22.9 Å². The summed E-state index contributed by atoms with van der Waals surface area (Å²) in [6.07, 6.45) is 1.72. The van der Waals surface area contributed by atoms with Crippen LogP contribution in [0.4, 0.5) is 5.69 Å². The van der Waals surface area contributed by atoms with Crippen LogP contribution in [0, 0.1) is 6.92 Å². The molecule has 0 unspecified atom stereocenters. The zero-order chi connectivity index (χ0) is 11.4. The molecule has 0 bridgehead atoms. The van der Waals surface area contributed by atoms with Crippen LogP contribution in [0.15, 0.2) is 42.6 Å². The highest BCUT2D eigenvalue weighted by molar-refractivity contribution is 5.46. The van der Waals surface area contributed by atoms with Crippen LogP contribution in [0.2, 0.25) is 0 Å². The molecule has 0 aliphatic rings. The molecule has 2 aromatic rings. The summed E-state index contributed by atoms with van der Waals surface area (Å²) in [5.41, 5.74) is 2.05.